The van der Waals surface area contributed by atoms with Crippen molar-refractivity contribution in [1.82, 2.24) is 5.32 Å². The van der Waals surface area contributed by atoms with E-state index in [1.165, 1.54) is 24.9 Å². The van der Waals surface area contributed by atoms with Crippen molar-refractivity contribution in [2.24, 2.45) is 5.73 Å². The zero-order chi connectivity index (χ0) is 18.9. The lowest BCUT2D eigenvalue weighted by Gasteiger charge is -2.13. The first-order valence-corrected chi connectivity index (χ1v) is 9.13. The number of thioether (sulfide) groups is 1. The second-order valence-corrected chi connectivity index (χ2v) is 6.56. The van der Waals surface area contributed by atoms with E-state index in [9.17, 15) is 14.9 Å². The Morgan fingerprint density at radius 2 is 2.00 bits per heavy atom. The lowest BCUT2D eigenvalue weighted by atomic mass is 10.1. The van der Waals surface area contributed by atoms with Gasteiger partial charge in [0.1, 0.15) is 0 Å². The molecule has 0 heterocycles. The van der Waals surface area contributed by atoms with Gasteiger partial charge in [0.25, 0.3) is 0 Å². The summed E-state index contributed by atoms with van der Waals surface area (Å²) in [6.07, 6.45) is 0. The Kier molecular flexibility index (Phi) is 9.63. The van der Waals surface area contributed by atoms with Gasteiger partial charge in [-0.2, -0.15) is 0 Å². The van der Waals surface area contributed by atoms with Gasteiger partial charge in [0.05, 0.1) is 17.8 Å². The lowest BCUT2D eigenvalue weighted by Crippen LogP contribution is -2.33. The average Bonchev–Trinajstić information content (AvgIpc) is 2.66. The van der Waals surface area contributed by atoms with Crippen molar-refractivity contribution >= 4 is 35.8 Å². The normalized spacial score (nSPS) is 11.2. The summed E-state index contributed by atoms with van der Waals surface area (Å²) in [5, 5.41) is 13.8. The molecule has 0 fully saturated rings. The Hall–Kier alpha value is -2.29. The van der Waals surface area contributed by atoms with Crippen LogP contribution in [0.3, 0.4) is 0 Å². The van der Waals surface area contributed by atoms with Crippen molar-refractivity contribution in [3.8, 4) is 5.75 Å². The highest BCUT2D eigenvalue weighted by Gasteiger charge is 2.15. The Morgan fingerprint density at radius 3 is 2.63 bits per heavy atom. The van der Waals surface area contributed by atoms with E-state index in [0.29, 0.717) is 12.3 Å². The van der Waals surface area contributed by atoms with E-state index in [4.69, 9.17) is 10.5 Å². The Labute approximate surface area is 168 Å². The first kappa shape index (κ1) is 22.8. The number of methoxy groups -OCH3 is 1. The number of benzene rings is 2. The highest BCUT2D eigenvalue weighted by molar-refractivity contribution is 7.99. The molecule has 0 bridgehead atoms. The molecular formula is C18H22ClN3O4S. The van der Waals surface area contributed by atoms with Crippen LogP contribution >= 0.6 is 24.2 Å². The molecule has 7 nitrogen and oxygen atoms in total. The van der Waals surface area contributed by atoms with Gasteiger partial charge in [0.2, 0.25) is 5.91 Å². The van der Waals surface area contributed by atoms with Crippen LogP contribution in [0.15, 0.2) is 48.5 Å². The molecule has 0 aliphatic rings. The minimum Gasteiger partial charge on any atom is -0.490 e. The van der Waals surface area contributed by atoms with Crippen LogP contribution in [0.4, 0.5) is 5.69 Å². The number of nitrogens with two attached hydrogens (primary N) is 1. The van der Waals surface area contributed by atoms with Crippen LogP contribution in [0.1, 0.15) is 17.2 Å². The summed E-state index contributed by atoms with van der Waals surface area (Å²) in [5.41, 5.74) is 7.68. The van der Waals surface area contributed by atoms with Crippen molar-refractivity contribution in [1.29, 1.82) is 0 Å². The third-order valence-electron chi connectivity index (χ3n) is 3.69. The number of hydrogen-bond acceptors (Lipinski definition) is 6. The molecule has 0 aromatic heterocycles. The summed E-state index contributed by atoms with van der Waals surface area (Å²) in [7, 11) is 1.39. The van der Waals surface area contributed by atoms with Crippen molar-refractivity contribution in [2.45, 2.75) is 11.8 Å². The van der Waals surface area contributed by atoms with Gasteiger partial charge in [0, 0.05) is 24.4 Å². The third-order valence-corrected chi connectivity index (χ3v) is 4.69. The van der Waals surface area contributed by atoms with Crippen LogP contribution < -0.4 is 15.8 Å². The monoisotopic (exact) mass is 411 g/mol. The largest absolute Gasteiger partial charge is 0.490 e. The molecule has 27 heavy (non-hydrogen) atoms. The van der Waals surface area contributed by atoms with E-state index < -0.39 is 4.92 Å². The van der Waals surface area contributed by atoms with Gasteiger partial charge < -0.3 is 15.8 Å². The number of nitro groups is 1. The second-order valence-electron chi connectivity index (χ2n) is 5.58. The number of rotatable bonds is 9. The van der Waals surface area contributed by atoms with Crippen LogP contribution in [0.5, 0.6) is 5.75 Å². The van der Waals surface area contributed by atoms with Crippen molar-refractivity contribution in [3.05, 3.63) is 69.8 Å². The van der Waals surface area contributed by atoms with E-state index in [1.54, 1.807) is 12.1 Å². The molecule has 0 saturated heterocycles. The van der Waals surface area contributed by atoms with Crippen molar-refractivity contribution < 1.29 is 14.5 Å². The van der Waals surface area contributed by atoms with E-state index in [1.807, 2.05) is 30.3 Å². The van der Waals surface area contributed by atoms with Crippen LogP contribution in [-0.4, -0.2) is 30.2 Å². The fraction of sp³-hybridized carbons (Fsp3) is 0.278. The number of nitro benzene ring substituents is 1. The number of nitrogens with zero attached hydrogens (tertiary/aromatic N) is 1. The van der Waals surface area contributed by atoms with Gasteiger partial charge in [-0.05, 0) is 17.2 Å². The van der Waals surface area contributed by atoms with Gasteiger partial charge in [0.15, 0.2) is 5.75 Å². The zero-order valence-corrected chi connectivity index (χ0v) is 16.4. The molecule has 1 unspecified atom stereocenters. The number of halogens is 1. The molecule has 0 aliphatic heterocycles. The highest BCUT2D eigenvalue weighted by Crippen LogP contribution is 2.28. The summed E-state index contributed by atoms with van der Waals surface area (Å²) >= 11 is 1.38. The fourth-order valence-corrected chi connectivity index (χ4v) is 3.13. The number of ether oxygens (including phenoxy) is 1. The Balaban J connectivity index is 0.00000364. The van der Waals surface area contributed by atoms with Gasteiger partial charge in [-0.1, -0.05) is 36.4 Å². The summed E-state index contributed by atoms with van der Waals surface area (Å²) in [4.78, 5) is 22.5. The minimum atomic E-state index is -0.481. The molecule has 2 aromatic rings. The molecule has 1 amide bonds. The molecule has 0 spiro atoms. The summed E-state index contributed by atoms with van der Waals surface area (Å²) in [6, 6.07) is 14.1. The van der Waals surface area contributed by atoms with Crippen LogP contribution in [-0.2, 0) is 10.5 Å². The maximum atomic E-state index is 11.9. The van der Waals surface area contributed by atoms with Gasteiger partial charge in [-0.15, -0.1) is 24.2 Å². The Bertz CT molecular complexity index is 762. The smallest absolute Gasteiger partial charge is 0.311 e. The quantitative estimate of drug-likeness (QED) is 0.485. The van der Waals surface area contributed by atoms with Gasteiger partial charge in [-0.25, -0.2) is 0 Å². The van der Waals surface area contributed by atoms with Gasteiger partial charge >= 0.3 is 5.69 Å². The van der Waals surface area contributed by atoms with Crippen LogP contribution in [0.2, 0.25) is 0 Å². The minimum absolute atomic E-state index is 0. The maximum absolute atomic E-state index is 11.9. The van der Waals surface area contributed by atoms with Gasteiger partial charge in [-0.3, -0.25) is 14.9 Å². The molecular weight excluding hydrogens is 390 g/mol. The molecule has 1 atom stereocenters. The van der Waals surface area contributed by atoms with E-state index in [2.05, 4.69) is 5.32 Å². The first-order chi connectivity index (χ1) is 12.5. The van der Waals surface area contributed by atoms with E-state index in [-0.39, 0.29) is 41.5 Å². The molecule has 9 heteroatoms. The number of carbonyl (C=O) groups excluding carboxylic acids is 1. The van der Waals surface area contributed by atoms with E-state index >= 15 is 0 Å². The highest BCUT2D eigenvalue weighted by atomic mass is 35.5. The Morgan fingerprint density at radius 1 is 1.30 bits per heavy atom. The summed E-state index contributed by atoms with van der Waals surface area (Å²) in [5.74, 6) is 0.838. The lowest BCUT2D eigenvalue weighted by molar-refractivity contribution is -0.385. The molecule has 2 rings (SSSR count). The van der Waals surface area contributed by atoms with Crippen molar-refractivity contribution in [3.63, 3.8) is 0 Å². The number of nitrogens with one attached hydrogen (secondary N) is 1. The number of carbonyl (C=O) groups is 1. The molecule has 146 valence electrons. The first-order valence-electron chi connectivity index (χ1n) is 7.97. The summed E-state index contributed by atoms with van der Waals surface area (Å²) < 4.78 is 4.97. The number of amides is 1. The van der Waals surface area contributed by atoms with E-state index in [0.717, 1.165) is 11.1 Å². The molecule has 0 radical (unpaired) electrons. The average molecular weight is 412 g/mol. The number of hydrogen-bond donors (Lipinski definition) is 2. The fourth-order valence-electron chi connectivity index (χ4n) is 2.32. The summed E-state index contributed by atoms with van der Waals surface area (Å²) in [6.45, 7) is 0.359. The third kappa shape index (κ3) is 7.09. The van der Waals surface area contributed by atoms with Crippen LogP contribution in [0, 0.1) is 10.1 Å². The van der Waals surface area contributed by atoms with Crippen LogP contribution in [0.25, 0.3) is 0 Å². The van der Waals surface area contributed by atoms with Crippen molar-refractivity contribution in [2.75, 3.05) is 19.4 Å². The second kappa shape index (κ2) is 11.4. The molecule has 3 N–H and O–H groups in total. The topological polar surface area (TPSA) is 107 Å². The zero-order valence-electron chi connectivity index (χ0n) is 14.8. The predicted octanol–water partition coefficient (Wildman–Crippen LogP) is 3.07. The molecule has 0 saturated carbocycles. The maximum Gasteiger partial charge on any atom is 0.311 e. The molecule has 2 aromatic carbocycles. The predicted molar refractivity (Wildman–Crippen MR) is 109 cm³/mol. The standard InChI is InChI=1S/C18H21N3O4S.ClH/c1-25-17-8-7-13(9-16(17)21(23)24)11-26-12-18(22)20-10-15(19)14-5-3-2-4-6-14;/h2-9,15H,10-12,19H2,1H3,(H,20,22);1H. The molecule has 0 aliphatic carbocycles. The SMILES string of the molecule is COc1ccc(CSCC(=O)NCC(N)c2ccccc2)cc1[N+](=O)[O-].Cl.